The Morgan fingerprint density at radius 3 is 2.00 bits per heavy atom. The molecule has 0 aromatic heterocycles. The fourth-order valence-electron chi connectivity index (χ4n) is 6.71. The van der Waals surface area contributed by atoms with Crippen LogP contribution in [0, 0.1) is 28.1 Å². The van der Waals surface area contributed by atoms with Crippen LogP contribution < -0.4 is 0 Å². The lowest BCUT2D eigenvalue weighted by Gasteiger charge is -2.66. The molecule has 1 heteroatoms. The highest BCUT2D eigenvalue weighted by Crippen LogP contribution is 2.70. The topological polar surface area (TPSA) is 20.2 Å². The minimum atomic E-state index is -0.0445. The molecule has 4 saturated carbocycles. The summed E-state index contributed by atoms with van der Waals surface area (Å²) in [6.45, 7) is 9.54. The molecule has 0 saturated heterocycles. The van der Waals surface area contributed by atoms with Crippen molar-refractivity contribution in [1.82, 2.24) is 0 Å². The Labute approximate surface area is 119 Å². The molecule has 19 heavy (non-hydrogen) atoms. The maximum Gasteiger partial charge on any atom is 0.0597 e. The average Bonchev–Trinajstić information content (AvgIpc) is 2.20. The zero-order valence-corrected chi connectivity index (χ0v) is 13.3. The second-order valence-electron chi connectivity index (χ2n) is 9.48. The third-order valence-electron chi connectivity index (χ3n) is 6.39. The summed E-state index contributed by atoms with van der Waals surface area (Å²) >= 11 is 0. The van der Waals surface area contributed by atoms with Crippen molar-refractivity contribution < 1.29 is 5.11 Å². The van der Waals surface area contributed by atoms with Crippen molar-refractivity contribution in [2.24, 2.45) is 28.1 Å². The van der Waals surface area contributed by atoms with Crippen molar-refractivity contribution in [2.75, 3.05) is 0 Å². The van der Waals surface area contributed by atoms with Gasteiger partial charge in [0, 0.05) is 0 Å². The molecule has 0 spiro atoms. The van der Waals surface area contributed by atoms with Crippen molar-refractivity contribution >= 4 is 0 Å². The van der Waals surface area contributed by atoms with E-state index in [4.69, 9.17) is 0 Å². The molecule has 4 bridgehead atoms. The standard InChI is InChI=1S/C18H32O/c1-13(2)5-6-15(19)18-9-14-7-16(3,11-18)10-17(4,8-14)12-18/h13-15,19H,5-12H2,1-4H3. The van der Waals surface area contributed by atoms with E-state index in [0.717, 1.165) is 18.3 Å². The quantitative estimate of drug-likeness (QED) is 0.774. The summed E-state index contributed by atoms with van der Waals surface area (Å²) in [5.41, 5.74) is 1.35. The number of rotatable bonds is 4. The smallest absolute Gasteiger partial charge is 0.0597 e. The van der Waals surface area contributed by atoms with Crippen LogP contribution in [-0.2, 0) is 0 Å². The van der Waals surface area contributed by atoms with Crippen LogP contribution in [-0.4, -0.2) is 11.2 Å². The zero-order chi connectivity index (χ0) is 13.9. The highest BCUT2D eigenvalue weighted by Gasteiger charge is 2.61. The minimum Gasteiger partial charge on any atom is -0.393 e. The Morgan fingerprint density at radius 2 is 1.53 bits per heavy atom. The molecule has 3 unspecified atom stereocenters. The normalized spacial score (nSPS) is 49.9. The lowest BCUT2D eigenvalue weighted by Crippen LogP contribution is -2.58. The van der Waals surface area contributed by atoms with E-state index in [0.29, 0.717) is 10.8 Å². The predicted octanol–water partition coefficient (Wildman–Crippen LogP) is 4.78. The highest BCUT2D eigenvalue weighted by atomic mass is 16.3. The van der Waals surface area contributed by atoms with Crippen LogP contribution in [0.1, 0.15) is 79.1 Å². The molecule has 0 heterocycles. The van der Waals surface area contributed by atoms with Crippen LogP contribution in [0.3, 0.4) is 0 Å². The summed E-state index contributed by atoms with van der Waals surface area (Å²) in [6.07, 6.45) is 10.3. The largest absolute Gasteiger partial charge is 0.393 e. The van der Waals surface area contributed by atoms with Crippen LogP contribution in [0.15, 0.2) is 0 Å². The first-order chi connectivity index (χ1) is 8.74. The molecule has 4 fully saturated rings. The van der Waals surface area contributed by atoms with E-state index in [1.54, 1.807) is 0 Å². The second-order valence-corrected chi connectivity index (χ2v) is 9.48. The predicted molar refractivity (Wildman–Crippen MR) is 79.9 cm³/mol. The van der Waals surface area contributed by atoms with Crippen LogP contribution in [0.5, 0.6) is 0 Å². The number of hydrogen-bond donors (Lipinski definition) is 1. The van der Waals surface area contributed by atoms with E-state index in [1.807, 2.05) is 0 Å². The van der Waals surface area contributed by atoms with Crippen LogP contribution >= 0.6 is 0 Å². The molecule has 0 aromatic carbocycles. The Bertz CT molecular complexity index is 341. The summed E-state index contributed by atoms with van der Waals surface area (Å²) in [5.74, 6) is 1.62. The zero-order valence-electron chi connectivity index (χ0n) is 13.3. The van der Waals surface area contributed by atoms with Gasteiger partial charge in [0.25, 0.3) is 0 Å². The highest BCUT2D eigenvalue weighted by molar-refractivity contribution is 5.12. The van der Waals surface area contributed by atoms with Gasteiger partial charge in [-0.3, -0.25) is 0 Å². The fraction of sp³-hybridized carbons (Fsp3) is 1.00. The maximum atomic E-state index is 10.9. The molecule has 4 aliphatic rings. The Balaban J connectivity index is 1.80. The van der Waals surface area contributed by atoms with Gasteiger partial charge in [0.15, 0.2) is 0 Å². The van der Waals surface area contributed by atoms with Crippen molar-refractivity contribution in [3.8, 4) is 0 Å². The molecule has 0 amide bonds. The molecular weight excluding hydrogens is 232 g/mol. The lowest BCUT2D eigenvalue weighted by atomic mass is 9.39. The van der Waals surface area contributed by atoms with E-state index >= 15 is 0 Å². The first kappa shape index (κ1) is 13.9. The van der Waals surface area contributed by atoms with Gasteiger partial charge in [-0.2, -0.15) is 0 Å². The number of aliphatic hydroxyl groups excluding tert-OH is 1. The van der Waals surface area contributed by atoms with E-state index in [1.165, 1.54) is 44.9 Å². The summed E-state index contributed by atoms with van der Waals surface area (Å²) in [6, 6.07) is 0. The van der Waals surface area contributed by atoms with Gasteiger partial charge in [-0.15, -0.1) is 0 Å². The van der Waals surface area contributed by atoms with Gasteiger partial charge in [0.2, 0.25) is 0 Å². The Morgan fingerprint density at radius 1 is 0.947 bits per heavy atom. The van der Waals surface area contributed by atoms with Crippen LogP contribution in [0.25, 0.3) is 0 Å². The summed E-state index contributed by atoms with van der Waals surface area (Å²) in [7, 11) is 0. The van der Waals surface area contributed by atoms with Crippen molar-refractivity contribution in [1.29, 1.82) is 0 Å². The van der Waals surface area contributed by atoms with Gasteiger partial charge in [0.1, 0.15) is 0 Å². The Hall–Kier alpha value is -0.0400. The third kappa shape index (κ3) is 2.37. The van der Waals surface area contributed by atoms with Crippen molar-refractivity contribution in [2.45, 2.75) is 85.2 Å². The molecule has 4 rings (SSSR count). The summed E-state index contributed by atoms with van der Waals surface area (Å²) < 4.78 is 0. The van der Waals surface area contributed by atoms with Gasteiger partial charge in [-0.25, -0.2) is 0 Å². The molecule has 0 aromatic rings. The van der Waals surface area contributed by atoms with Crippen molar-refractivity contribution in [3.05, 3.63) is 0 Å². The van der Waals surface area contributed by atoms with E-state index in [2.05, 4.69) is 27.7 Å². The molecule has 0 aliphatic heterocycles. The second kappa shape index (κ2) is 4.23. The van der Waals surface area contributed by atoms with Gasteiger partial charge >= 0.3 is 0 Å². The van der Waals surface area contributed by atoms with Gasteiger partial charge < -0.3 is 5.11 Å². The first-order valence-electron chi connectivity index (χ1n) is 8.42. The van der Waals surface area contributed by atoms with Gasteiger partial charge in [-0.1, -0.05) is 27.7 Å². The number of hydrogen-bond acceptors (Lipinski definition) is 1. The molecule has 1 nitrogen and oxygen atoms in total. The number of aliphatic hydroxyl groups is 1. The average molecular weight is 264 g/mol. The van der Waals surface area contributed by atoms with Crippen LogP contribution in [0.2, 0.25) is 0 Å². The molecule has 3 atom stereocenters. The van der Waals surface area contributed by atoms with Gasteiger partial charge in [-0.05, 0) is 79.4 Å². The van der Waals surface area contributed by atoms with E-state index in [9.17, 15) is 5.11 Å². The fourth-order valence-corrected chi connectivity index (χ4v) is 6.71. The van der Waals surface area contributed by atoms with Crippen LogP contribution in [0.4, 0.5) is 0 Å². The molecule has 110 valence electrons. The molecule has 4 aliphatic carbocycles. The Kier molecular flexibility index (Phi) is 3.10. The van der Waals surface area contributed by atoms with Gasteiger partial charge in [0.05, 0.1) is 6.10 Å². The molecular formula is C18H32O. The molecule has 0 radical (unpaired) electrons. The molecule has 1 N–H and O–H groups in total. The summed E-state index contributed by atoms with van der Waals surface area (Å²) in [4.78, 5) is 0. The van der Waals surface area contributed by atoms with Crippen molar-refractivity contribution in [3.63, 3.8) is 0 Å². The minimum absolute atomic E-state index is 0.0445. The maximum absolute atomic E-state index is 10.9. The SMILES string of the molecule is CC(C)CCC(O)C12CC3CC(C)(CC(C)(C3)C1)C2. The summed E-state index contributed by atoms with van der Waals surface area (Å²) in [5, 5.41) is 10.9. The van der Waals surface area contributed by atoms with E-state index < -0.39 is 0 Å². The monoisotopic (exact) mass is 264 g/mol. The lowest BCUT2D eigenvalue weighted by molar-refractivity contribution is -0.187. The first-order valence-corrected chi connectivity index (χ1v) is 8.42. The van der Waals surface area contributed by atoms with E-state index in [-0.39, 0.29) is 11.5 Å². The third-order valence-corrected chi connectivity index (χ3v) is 6.39.